The van der Waals surface area contributed by atoms with Crippen LogP contribution in [0.25, 0.3) is 11.2 Å². The highest BCUT2D eigenvalue weighted by molar-refractivity contribution is 6.30. The molecule has 2 heterocycles. The zero-order valence-corrected chi connectivity index (χ0v) is 9.62. The molecular formula is C12H9ClN4. The van der Waals surface area contributed by atoms with Gasteiger partial charge in [-0.15, -0.1) is 0 Å². The first kappa shape index (κ1) is 11.4. The van der Waals surface area contributed by atoms with Gasteiger partial charge in [0.15, 0.2) is 5.65 Å². The van der Waals surface area contributed by atoms with Crippen molar-refractivity contribution >= 4 is 22.8 Å². The predicted octanol–water partition coefficient (Wildman–Crippen LogP) is 2.76. The normalized spacial score (nSPS) is 9.47. The van der Waals surface area contributed by atoms with Gasteiger partial charge in [0.05, 0.1) is 6.20 Å². The van der Waals surface area contributed by atoms with Gasteiger partial charge in [-0.25, -0.2) is 19.9 Å². The smallest absolute Gasteiger partial charge is 0.181 e. The molecule has 0 spiro atoms. The van der Waals surface area contributed by atoms with Crippen molar-refractivity contribution in [2.75, 3.05) is 0 Å². The summed E-state index contributed by atoms with van der Waals surface area (Å²) in [4.78, 5) is 15.7. The molecule has 0 bridgehead atoms. The van der Waals surface area contributed by atoms with Gasteiger partial charge in [0.1, 0.15) is 11.8 Å². The summed E-state index contributed by atoms with van der Waals surface area (Å²) in [6.45, 7) is 0. The van der Waals surface area contributed by atoms with Crippen molar-refractivity contribution in [1.82, 2.24) is 19.9 Å². The van der Waals surface area contributed by atoms with Gasteiger partial charge < -0.3 is 0 Å². The zero-order chi connectivity index (χ0) is 11.9. The van der Waals surface area contributed by atoms with Crippen LogP contribution in [0.2, 0.25) is 5.02 Å². The maximum absolute atomic E-state index is 5.54. The van der Waals surface area contributed by atoms with Crippen molar-refractivity contribution in [2.45, 2.75) is 0 Å². The molecule has 0 N–H and O–H groups in total. The van der Waals surface area contributed by atoms with Crippen LogP contribution in [-0.4, -0.2) is 19.9 Å². The summed E-state index contributed by atoms with van der Waals surface area (Å²) in [7, 11) is 0. The second-order valence-corrected chi connectivity index (χ2v) is 3.52. The van der Waals surface area contributed by atoms with E-state index in [1.54, 1.807) is 18.6 Å². The van der Waals surface area contributed by atoms with E-state index in [9.17, 15) is 0 Å². The Labute approximate surface area is 103 Å². The zero-order valence-electron chi connectivity index (χ0n) is 8.86. The minimum atomic E-state index is 0.637. The lowest BCUT2D eigenvalue weighted by Crippen LogP contribution is -1.85. The summed E-state index contributed by atoms with van der Waals surface area (Å²) >= 11 is 5.54. The van der Waals surface area contributed by atoms with Gasteiger partial charge in [-0.2, -0.15) is 0 Å². The summed E-state index contributed by atoms with van der Waals surface area (Å²) in [5.74, 6) is 0. The maximum Gasteiger partial charge on any atom is 0.181 e. The lowest BCUT2D eigenvalue weighted by atomic mass is 10.4. The predicted molar refractivity (Wildman–Crippen MR) is 66.6 cm³/mol. The van der Waals surface area contributed by atoms with Gasteiger partial charge >= 0.3 is 0 Å². The molecule has 0 aliphatic heterocycles. The summed E-state index contributed by atoms with van der Waals surface area (Å²) in [6, 6.07) is 9.44. The van der Waals surface area contributed by atoms with E-state index in [1.807, 2.05) is 30.3 Å². The van der Waals surface area contributed by atoms with E-state index < -0.39 is 0 Å². The summed E-state index contributed by atoms with van der Waals surface area (Å²) in [6.07, 6.45) is 6.31. The fraction of sp³-hybridized carbons (Fsp3) is 0. The molecule has 0 aliphatic rings. The number of aromatic nitrogens is 4. The molecule has 0 unspecified atom stereocenters. The van der Waals surface area contributed by atoms with E-state index in [0.29, 0.717) is 5.65 Å². The number of hydrogen-bond donors (Lipinski definition) is 0. The Bertz CT molecular complexity index is 521. The standard InChI is InChI=1S/C6H5Cl.C6H4N4/c7-6-4-2-1-3-5-6;1-2-9-6-5(8-1)3-7-4-10-6/h1-5H;1-4H. The second kappa shape index (κ2) is 5.86. The molecule has 17 heavy (non-hydrogen) atoms. The number of nitrogens with zero attached hydrogens (tertiary/aromatic N) is 4. The fourth-order valence-electron chi connectivity index (χ4n) is 1.14. The molecule has 84 valence electrons. The van der Waals surface area contributed by atoms with Gasteiger partial charge in [0.2, 0.25) is 0 Å². The number of hydrogen-bond acceptors (Lipinski definition) is 4. The third kappa shape index (κ3) is 3.46. The molecule has 0 aliphatic carbocycles. The summed E-state index contributed by atoms with van der Waals surface area (Å²) in [5.41, 5.74) is 1.36. The third-order valence-electron chi connectivity index (χ3n) is 1.88. The first-order valence-electron chi connectivity index (χ1n) is 4.93. The molecule has 3 aromatic rings. The monoisotopic (exact) mass is 244 g/mol. The quantitative estimate of drug-likeness (QED) is 0.610. The van der Waals surface area contributed by atoms with Crippen molar-refractivity contribution in [3.63, 3.8) is 0 Å². The van der Waals surface area contributed by atoms with Gasteiger partial charge in [0.25, 0.3) is 0 Å². The van der Waals surface area contributed by atoms with E-state index in [4.69, 9.17) is 11.6 Å². The van der Waals surface area contributed by atoms with Crippen molar-refractivity contribution in [1.29, 1.82) is 0 Å². The summed E-state index contributed by atoms with van der Waals surface area (Å²) in [5, 5.41) is 0.794. The van der Waals surface area contributed by atoms with Gasteiger partial charge in [0, 0.05) is 17.4 Å². The van der Waals surface area contributed by atoms with E-state index in [-0.39, 0.29) is 0 Å². The number of fused-ring (bicyclic) bond motifs is 1. The molecule has 1 aromatic carbocycles. The van der Waals surface area contributed by atoms with Crippen LogP contribution in [0, 0.1) is 0 Å². The number of halogens is 1. The van der Waals surface area contributed by atoms with Crippen molar-refractivity contribution in [2.24, 2.45) is 0 Å². The van der Waals surface area contributed by atoms with Crippen LogP contribution in [0.1, 0.15) is 0 Å². The van der Waals surface area contributed by atoms with Crippen LogP contribution in [-0.2, 0) is 0 Å². The highest BCUT2D eigenvalue weighted by Crippen LogP contribution is 2.03. The van der Waals surface area contributed by atoms with Crippen LogP contribution in [0.15, 0.2) is 55.2 Å². The SMILES string of the molecule is Clc1ccccc1.c1cnc2ncncc2n1. The Hall–Kier alpha value is -2.07. The topological polar surface area (TPSA) is 51.6 Å². The molecule has 5 heteroatoms. The largest absolute Gasteiger partial charge is 0.250 e. The molecule has 0 fully saturated rings. The summed E-state index contributed by atoms with van der Waals surface area (Å²) < 4.78 is 0. The third-order valence-corrected chi connectivity index (χ3v) is 2.13. The number of rotatable bonds is 0. The van der Waals surface area contributed by atoms with Crippen LogP contribution >= 0.6 is 11.6 Å². The average Bonchev–Trinajstić information content (AvgIpc) is 2.41. The van der Waals surface area contributed by atoms with Crippen LogP contribution in [0.5, 0.6) is 0 Å². The van der Waals surface area contributed by atoms with E-state index in [1.165, 1.54) is 6.33 Å². The molecule has 0 radical (unpaired) electrons. The van der Waals surface area contributed by atoms with Gasteiger partial charge in [-0.3, -0.25) is 0 Å². The van der Waals surface area contributed by atoms with Crippen molar-refractivity contribution < 1.29 is 0 Å². The minimum absolute atomic E-state index is 0.637. The first-order chi connectivity index (χ1) is 8.36. The Morgan fingerprint density at radius 3 is 2.29 bits per heavy atom. The van der Waals surface area contributed by atoms with Gasteiger partial charge in [-0.1, -0.05) is 29.8 Å². The molecule has 0 saturated heterocycles. The lowest BCUT2D eigenvalue weighted by Gasteiger charge is -1.89. The molecular weight excluding hydrogens is 236 g/mol. The highest BCUT2D eigenvalue weighted by atomic mass is 35.5. The van der Waals surface area contributed by atoms with Crippen LogP contribution < -0.4 is 0 Å². The van der Waals surface area contributed by atoms with E-state index >= 15 is 0 Å². The second-order valence-electron chi connectivity index (χ2n) is 3.08. The van der Waals surface area contributed by atoms with Crippen LogP contribution in [0.3, 0.4) is 0 Å². The fourth-order valence-corrected chi connectivity index (χ4v) is 1.28. The molecule has 0 saturated carbocycles. The maximum atomic E-state index is 5.54. The van der Waals surface area contributed by atoms with Crippen LogP contribution in [0.4, 0.5) is 0 Å². The first-order valence-corrected chi connectivity index (χ1v) is 5.31. The number of benzene rings is 1. The molecule has 0 amide bonds. The van der Waals surface area contributed by atoms with E-state index in [0.717, 1.165) is 10.5 Å². The average molecular weight is 245 g/mol. The minimum Gasteiger partial charge on any atom is -0.250 e. The van der Waals surface area contributed by atoms with Crippen molar-refractivity contribution in [3.8, 4) is 0 Å². The molecule has 0 atom stereocenters. The molecule has 4 nitrogen and oxygen atoms in total. The lowest BCUT2D eigenvalue weighted by molar-refractivity contribution is 1.15. The highest BCUT2D eigenvalue weighted by Gasteiger charge is 1.90. The molecule has 2 aromatic heterocycles. The van der Waals surface area contributed by atoms with E-state index in [2.05, 4.69) is 19.9 Å². The van der Waals surface area contributed by atoms with Gasteiger partial charge in [-0.05, 0) is 12.1 Å². The van der Waals surface area contributed by atoms with Crippen molar-refractivity contribution in [3.05, 3.63) is 60.3 Å². The Morgan fingerprint density at radius 1 is 0.882 bits per heavy atom. The Morgan fingerprint density at radius 2 is 1.65 bits per heavy atom. The Kier molecular flexibility index (Phi) is 3.94. The Balaban J connectivity index is 0.000000136. The molecule has 3 rings (SSSR count).